The fraction of sp³-hybridized carbons (Fsp3) is 0.545. The van der Waals surface area contributed by atoms with Crippen molar-refractivity contribution >= 4 is 5.78 Å². The summed E-state index contributed by atoms with van der Waals surface area (Å²) in [6, 6.07) is 0. The molecule has 0 heterocycles. The van der Waals surface area contributed by atoms with Crippen LogP contribution in [0.5, 0.6) is 0 Å². The van der Waals surface area contributed by atoms with Crippen LogP contribution in [0.4, 0.5) is 0 Å². The monoisotopic (exact) mass is 166 g/mol. The lowest BCUT2D eigenvalue weighted by Crippen LogP contribution is -2.01. The molecule has 0 aromatic rings. The van der Waals surface area contributed by atoms with E-state index in [4.69, 9.17) is 0 Å². The summed E-state index contributed by atoms with van der Waals surface area (Å²) >= 11 is 0. The predicted molar refractivity (Wildman–Crippen MR) is 53.0 cm³/mol. The van der Waals surface area contributed by atoms with Gasteiger partial charge in [-0.15, -0.1) is 0 Å². The molecule has 0 aromatic carbocycles. The van der Waals surface area contributed by atoms with Crippen molar-refractivity contribution in [1.29, 1.82) is 0 Å². The zero-order chi connectivity index (χ0) is 9.40. The first-order valence-electron chi connectivity index (χ1n) is 4.50. The minimum atomic E-state index is 0.128. The van der Waals surface area contributed by atoms with Gasteiger partial charge in [0.15, 0.2) is 5.78 Å². The van der Waals surface area contributed by atoms with Gasteiger partial charge in [-0.3, -0.25) is 4.79 Å². The summed E-state index contributed by atoms with van der Waals surface area (Å²) in [6.07, 6.45) is 9.75. The van der Waals surface area contributed by atoms with Crippen LogP contribution < -0.4 is 0 Å². The van der Waals surface area contributed by atoms with E-state index in [2.05, 4.69) is 6.08 Å². The number of rotatable bonds is 5. The van der Waals surface area contributed by atoms with E-state index in [1.807, 2.05) is 32.9 Å². The van der Waals surface area contributed by atoms with Gasteiger partial charge in [0, 0.05) is 5.92 Å². The minimum Gasteiger partial charge on any atom is -0.295 e. The zero-order valence-corrected chi connectivity index (χ0v) is 8.21. The van der Waals surface area contributed by atoms with E-state index in [0.29, 0.717) is 0 Å². The van der Waals surface area contributed by atoms with Crippen LogP contribution in [0.1, 0.15) is 33.6 Å². The van der Waals surface area contributed by atoms with Crippen LogP contribution in [0.2, 0.25) is 0 Å². The molecule has 0 aliphatic rings. The van der Waals surface area contributed by atoms with Crippen molar-refractivity contribution < 1.29 is 4.79 Å². The Balaban J connectivity index is 3.55. The van der Waals surface area contributed by atoms with E-state index in [9.17, 15) is 4.79 Å². The van der Waals surface area contributed by atoms with E-state index < -0.39 is 0 Å². The fourth-order valence-electron chi connectivity index (χ4n) is 0.751. The Labute approximate surface area is 75.2 Å². The minimum absolute atomic E-state index is 0.128. The molecule has 0 saturated heterocycles. The molecule has 1 heteroatoms. The predicted octanol–water partition coefficient (Wildman–Crippen LogP) is 3.12. The van der Waals surface area contributed by atoms with Crippen molar-refractivity contribution in [3.63, 3.8) is 0 Å². The van der Waals surface area contributed by atoms with Gasteiger partial charge in [0.2, 0.25) is 0 Å². The summed E-state index contributed by atoms with van der Waals surface area (Å²) in [5.74, 6) is 0.346. The Bertz CT molecular complexity index is 175. The van der Waals surface area contributed by atoms with E-state index in [0.717, 1.165) is 12.8 Å². The van der Waals surface area contributed by atoms with Crippen molar-refractivity contribution in [2.24, 2.45) is 5.92 Å². The second kappa shape index (κ2) is 6.84. The van der Waals surface area contributed by atoms with Gasteiger partial charge in [-0.1, -0.05) is 32.1 Å². The number of hydrogen-bond acceptors (Lipinski definition) is 1. The van der Waals surface area contributed by atoms with Crippen LogP contribution in [-0.2, 0) is 4.79 Å². The molecular weight excluding hydrogens is 148 g/mol. The molecule has 0 aliphatic heterocycles. The third kappa shape index (κ3) is 5.90. The van der Waals surface area contributed by atoms with E-state index >= 15 is 0 Å². The molecule has 0 atom stereocenters. The van der Waals surface area contributed by atoms with Gasteiger partial charge in [0.25, 0.3) is 0 Å². The van der Waals surface area contributed by atoms with Gasteiger partial charge >= 0.3 is 0 Å². The standard InChI is InChI=1S/C11H18O/c1-4-5-6-7-8-9-11(12)10(2)3/h4-5,8-10H,6-7H2,1-3H3. The zero-order valence-electron chi connectivity index (χ0n) is 8.21. The summed E-state index contributed by atoms with van der Waals surface area (Å²) in [4.78, 5) is 11.1. The SMILES string of the molecule is CC=CCCC=CC(=O)C(C)C. The number of allylic oxidation sites excluding steroid dienone is 4. The first-order valence-corrected chi connectivity index (χ1v) is 4.50. The Kier molecular flexibility index (Phi) is 6.35. The smallest absolute Gasteiger partial charge is 0.157 e. The normalized spacial score (nSPS) is 12.0. The molecule has 0 rings (SSSR count). The third-order valence-electron chi connectivity index (χ3n) is 1.59. The quantitative estimate of drug-likeness (QED) is 0.348. The topological polar surface area (TPSA) is 17.1 Å². The molecule has 0 radical (unpaired) electrons. The highest BCUT2D eigenvalue weighted by Gasteiger charge is 1.99. The molecule has 0 aliphatic carbocycles. The molecule has 0 saturated carbocycles. The molecule has 1 nitrogen and oxygen atoms in total. The van der Waals surface area contributed by atoms with Gasteiger partial charge in [0.05, 0.1) is 0 Å². The molecule has 12 heavy (non-hydrogen) atoms. The maximum absolute atomic E-state index is 11.1. The Morgan fingerprint density at radius 1 is 1.25 bits per heavy atom. The van der Waals surface area contributed by atoms with Gasteiger partial charge in [-0.2, -0.15) is 0 Å². The van der Waals surface area contributed by atoms with Crippen molar-refractivity contribution in [2.45, 2.75) is 33.6 Å². The van der Waals surface area contributed by atoms with Crippen LogP contribution in [0.3, 0.4) is 0 Å². The van der Waals surface area contributed by atoms with Gasteiger partial charge in [-0.05, 0) is 25.8 Å². The second-order valence-corrected chi connectivity index (χ2v) is 3.11. The maximum Gasteiger partial charge on any atom is 0.157 e. The van der Waals surface area contributed by atoms with Crippen LogP contribution in [-0.4, -0.2) is 5.78 Å². The highest BCUT2D eigenvalue weighted by atomic mass is 16.1. The molecular formula is C11H18O. The van der Waals surface area contributed by atoms with Gasteiger partial charge < -0.3 is 0 Å². The first kappa shape index (κ1) is 11.2. The molecule has 0 amide bonds. The van der Waals surface area contributed by atoms with Crippen molar-refractivity contribution in [2.75, 3.05) is 0 Å². The number of unbranched alkanes of at least 4 members (excludes halogenated alkanes) is 1. The van der Waals surface area contributed by atoms with Crippen molar-refractivity contribution in [3.8, 4) is 0 Å². The summed E-state index contributed by atoms with van der Waals surface area (Å²) in [5.41, 5.74) is 0. The van der Waals surface area contributed by atoms with Crippen LogP contribution in [0.25, 0.3) is 0 Å². The van der Waals surface area contributed by atoms with Crippen molar-refractivity contribution in [1.82, 2.24) is 0 Å². The van der Waals surface area contributed by atoms with Crippen LogP contribution in [0.15, 0.2) is 24.3 Å². The fourth-order valence-corrected chi connectivity index (χ4v) is 0.751. The highest BCUT2D eigenvalue weighted by Crippen LogP contribution is 1.98. The Hall–Kier alpha value is -0.850. The van der Waals surface area contributed by atoms with Gasteiger partial charge in [-0.25, -0.2) is 0 Å². The van der Waals surface area contributed by atoms with Crippen LogP contribution >= 0.6 is 0 Å². The number of ketones is 1. The largest absolute Gasteiger partial charge is 0.295 e. The maximum atomic E-state index is 11.1. The number of carbonyl (C=O) groups excluding carboxylic acids is 1. The number of hydrogen-bond donors (Lipinski definition) is 0. The summed E-state index contributed by atoms with van der Waals surface area (Å²) in [6.45, 7) is 5.83. The molecule has 0 unspecified atom stereocenters. The lowest BCUT2D eigenvalue weighted by atomic mass is 10.1. The second-order valence-electron chi connectivity index (χ2n) is 3.11. The summed E-state index contributed by atoms with van der Waals surface area (Å²) in [7, 11) is 0. The average molecular weight is 166 g/mol. The van der Waals surface area contributed by atoms with E-state index in [-0.39, 0.29) is 11.7 Å². The molecule has 0 bridgehead atoms. The highest BCUT2D eigenvalue weighted by molar-refractivity contribution is 5.91. The summed E-state index contributed by atoms with van der Waals surface area (Å²) in [5, 5.41) is 0. The molecule has 68 valence electrons. The summed E-state index contributed by atoms with van der Waals surface area (Å²) < 4.78 is 0. The molecule has 0 fully saturated rings. The lowest BCUT2D eigenvalue weighted by molar-refractivity contribution is -0.117. The van der Waals surface area contributed by atoms with E-state index in [1.165, 1.54) is 0 Å². The molecule has 0 spiro atoms. The Morgan fingerprint density at radius 2 is 1.83 bits per heavy atom. The van der Waals surface area contributed by atoms with Crippen LogP contribution in [0, 0.1) is 5.92 Å². The van der Waals surface area contributed by atoms with Crippen molar-refractivity contribution in [3.05, 3.63) is 24.3 Å². The first-order chi connectivity index (χ1) is 5.68. The lowest BCUT2D eigenvalue weighted by Gasteiger charge is -1.95. The Morgan fingerprint density at radius 3 is 2.33 bits per heavy atom. The third-order valence-corrected chi connectivity index (χ3v) is 1.59. The number of carbonyl (C=O) groups is 1. The van der Waals surface area contributed by atoms with Gasteiger partial charge in [0.1, 0.15) is 0 Å². The average Bonchev–Trinajstić information content (AvgIpc) is 2.03. The van der Waals surface area contributed by atoms with E-state index in [1.54, 1.807) is 6.08 Å². The molecule has 0 N–H and O–H groups in total. The molecule has 0 aromatic heterocycles.